The molecule has 0 bridgehead atoms. The number of aromatic nitrogens is 4. The molecule has 0 saturated carbocycles. The van der Waals surface area contributed by atoms with Crippen LogP contribution in [0.4, 0.5) is 0 Å². The fraction of sp³-hybridized carbons (Fsp3) is 0.600. The van der Waals surface area contributed by atoms with Gasteiger partial charge in [0, 0.05) is 6.54 Å². The summed E-state index contributed by atoms with van der Waals surface area (Å²) in [6.07, 6.45) is 2.11. The van der Waals surface area contributed by atoms with Crippen molar-refractivity contribution in [2.45, 2.75) is 32.2 Å². The van der Waals surface area contributed by atoms with E-state index >= 15 is 0 Å². The summed E-state index contributed by atoms with van der Waals surface area (Å²) < 4.78 is 0. The molecule has 8 N–H and O–H groups in total. The van der Waals surface area contributed by atoms with E-state index in [1.54, 1.807) is 6.92 Å². The molecule has 0 aliphatic carbocycles. The monoisotopic (exact) mass is 300 g/mol. The lowest BCUT2D eigenvalue weighted by atomic mass is 10.1. The van der Waals surface area contributed by atoms with Crippen molar-refractivity contribution in [1.29, 1.82) is 5.41 Å². The van der Waals surface area contributed by atoms with Gasteiger partial charge in [0.2, 0.25) is 5.82 Å². The molecule has 11 heteroatoms. The summed E-state index contributed by atoms with van der Waals surface area (Å²) >= 11 is 0. The molecule has 1 atom stereocenters. The Bertz CT molecular complexity index is 447. The van der Waals surface area contributed by atoms with E-state index in [-0.39, 0.29) is 5.82 Å². The average molecular weight is 300 g/mol. The Kier molecular flexibility index (Phi) is 9.00. The molecular weight excluding hydrogens is 280 g/mol. The van der Waals surface area contributed by atoms with Crippen molar-refractivity contribution >= 4 is 17.7 Å². The predicted molar refractivity (Wildman–Crippen MR) is 73.6 cm³/mol. The molecule has 0 saturated heterocycles. The lowest BCUT2D eigenvalue weighted by Crippen LogP contribution is -2.30. The summed E-state index contributed by atoms with van der Waals surface area (Å²) in [6.45, 7) is 2.38. The summed E-state index contributed by atoms with van der Waals surface area (Å²) in [5, 5.41) is 30.0. The van der Waals surface area contributed by atoms with E-state index in [4.69, 9.17) is 22.0 Å². The third kappa shape index (κ3) is 9.95. The van der Waals surface area contributed by atoms with Crippen LogP contribution in [0.3, 0.4) is 0 Å². The van der Waals surface area contributed by atoms with Crippen molar-refractivity contribution in [3.05, 3.63) is 5.82 Å². The number of hydrogen-bond acceptors (Lipinski definition) is 7. The normalized spacial score (nSPS) is 11.0. The second-order valence-electron chi connectivity index (χ2n) is 4.11. The summed E-state index contributed by atoms with van der Waals surface area (Å²) in [5.74, 6) is -1.20. The minimum Gasteiger partial charge on any atom is -0.480 e. The van der Waals surface area contributed by atoms with E-state index in [9.17, 15) is 9.59 Å². The summed E-state index contributed by atoms with van der Waals surface area (Å²) in [7, 11) is 0. The standard InChI is InChI=1S/C8H17N3O2.C2H3N5O/c1-6(9)11-5-3-2-4-7(10)8(12)13;3-1(8)2-4-6-7-5-2/h7H,2-5,10H2,1H3,(H2,9,11)(H,12,13);(H2,3,8)(H,4,5,6,7)/t7-;/m0./s1. The number of carbonyl (C=O) groups excluding carboxylic acids is 1. The molecule has 1 aromatic heterocycles. The van der Waals surface area contributed by atoms with Gasteiger partial charge in [-0.05, 0) is 36.6 Å². The van der Waals surface area contributed by atoms with E-state index in [1.807, 2.05) is 0 Å². The van der Waals surface area contributed by atoms with Crippen molar-refractivity contribution in [3.63, 3.8) is 0 Å². The number of aliphatic carboxylic acids is 1. The molecule has 0 aliphatic rings. The maximum absolute atomic E-state index is 10.3. The number of amides is 1. The Hall–Kier alpha value is -2.56. The second-order valence-corrected chi connectivity index (χ2v) is 4.11. The van der Waals surface area contributed by atoms with Crippen LogP contribution in [0.25, 0.3) is 0 Å². The fourth-order valence-corrected chi connectivity index (χ4v) is 1.15. The van der Waals surface area contributed by atoms with E-state index in [0.717, 1.165) is 12.8 Å². The van der Waals surface area contributed by atoms with Crippen LogP contribution in [-0.4, -0.2) is 56.0 Å². The van der Waals surface area contributed by atoms with Gasteiger partial charge in [-0.2, -0.15) is 0 Å². The maximum atomic E-state index is 10.3. The number of hydrogen-bond donors (Lipinski definition) is 6. The Morgan fingerprint density at radius 2 is 2.14 bits per heavy atom. The molecule has 118 valence electrons. The molecule has 0 aliphatic heterocycles. The topological polar surface area (TPSA) is 197 Å². The molecule has 1 heterocycles. The third-order valence-electron chi connectivity index (χ3n) is 2.23. The summed E-state index contributed by atoms with van der Waals surface area (Å²) in [5.41, 5.74) is 10.0. The van der Waals surface area contributed by atoms with Crippen LogP contribution in [-0.2, 0) is 4.79 Å². The molecule has 0 fully saturated rings. The van der Waals surface area contributed by atoms with Crippen molar-refractivity contribution in [2.24, 2.45) is 11.5 Å². The van der Waals surface area contributed by atoms with Crippen LogP contribution in [0.2, 0.25) is 0 Å². The van der Waals surface area contributed by atoms with Crippen LogP contribution in [0.15, 0.2) is 0 Å². The first-order valence-corrected chi connectivity index (χ1v) is 6.15. The molecule has 0 unspecified atom stereocenters. The highest BCUT2D eigenvalue weighted by atomic mass is 16.4. The molecular formula is C10H20N8O3. The van der Waals surface area contributed by atoms with Gasteiger partial charge in [-0.3, -0.25) is 15.0 Å². The number of rotatable bonds is 7. The SMILES string of the molecule is CC(=N)NCCCC[C@H](N)C(=O)O.NC(=O)c1nnn[nH]1. The summed E-state index contributed by atoms with van der Waals surface area (Å²) in [6, 6.07) is -0.749. The van der Waals surface area contributed by atoms with Crippen LogP contribution in [0, 0.1) is 5.41 Å². The molecule has 1 rings (SSSR count). The number of aromatic amines is 1. The smallest absolute Gasteiger partial charge is 0.320 e. The number of carboxylic acids is 1. The van der Waals surface area contributed by atoms with Crippen molar-refractivity contribution in [1.82, 2.24) is 25.9 Å². The lowest BCUT2D eigenvalue weighted by molar-refractivity contribution is -0.138. The summed E-state index contributed by atoms with van der Waals surface area (Å²) in [4.78, 5) is 20.4. The Morgan fingerprint density at radius 1 is 1.48 bits per heavy atom. The van der Waals surface area contributed by atoms with Crippen molar-refractivity contribution in [3.8, 4) is 0 Å². The molecule has 0 radical (unpaired) electrons. The molecule has 1 aromatic rings. The van der Waals surface area contributed by atoms with Crippen molar-refractivity contribution in [2.75, 3.05) is 6.54 Å². The zero-order valence-electron chi connectivity index (χ0n) is 11.7. The number of nitrogens with two attached hydrogens (primary N) is 2. The first-order chi connectivity index (χ1) is 9.84. The highest BCUT2D eigenvalue weighted by Gasteiger charge is 2.09. The zero-order chi connectivity index (χ0) is 16.3. The van der Waals surface area contributed by atoms with Gasteiger partial charge in [0.25, 0.3) is 5.91 Å². The number of nitrogens with one attached hydrogen (secondary N) is 3. The first-order valence-electron chi connectivity index (χ1n) is 6.15. The van der Waals surface area contributed by atoms with Crippen LogP contribution in [0.5, 0.6) is 0 Å². The molecule has 0 spiro atoms. The van der Waals surface area contributed by atoms with Crippen molar-refractivity contribution < 1.29 is 14.7 Å². The van der Waals surface area contributed by atoms with Crippen LogP contribution in [0.1, 0.15) is 36.8 Å². The number of tetrazole rings is 1. The molecule has 11 nitrogen and oxygen atoms in total. The number of H-pyrrole nitrogens is 1. The number of unbranched alkanes of at least 4 members (excludes halogenated alkanes) is 1. The van der Waals surface area contributed by atoms with Crippen LogP contribution < -0.4 is 16.8 Å². The highest BCUT2D eigenvalue weighted by Crippen LogP contribution is 1.97. The Balaban J connectivity index is 0.000000423. The number of nitrogens with zero attached hydrogens (tertiary/aromatic N) is 3. The van der Waals surface area contributed by atoms with E-state index in [0.29, 0.717) is 18.8 Å². The van der Waals surface area contributed by atoms with E-state index in [1.165, 1.54) is 0 Å². The van der Waals surface area contributed by atoms with Gasteiger partial charge >= 0.3 is 5.97 Å². The third-order valence-corrected chi connectivity index (χ3v) is 2.23. The van der Waals surface area contributed by atoms with Gasteiger partial charge in [-0.1, -0.05) is 0 Å². The quantitative estimate of drug-likeness (QED) is 0.197. The second kappa shape index (κ2) is 10.3. The van der Waals surface area contributed by atoms with Gasteiger partial charge in [0.1, 0.15) is 6.04 Å². The lowest BCUT2D eigenvalue weighted by Gasteiger charge is -2.06. The van der Waals surface area contributed by atoms with Gasteiger partial charge in [0.05, 0.1) is 5.84 Å². The Labute approximate surface area is 121 Å². The number of primary amides is 1. The van der Waals surface area contributed by atoms with Gasteiger partial charge < -0.3 is 21.9 Å². The fourth-order valence-electron chi connectivity index (χ4n) is 1.15. The van der Waals surface area contributed by atoms with Gasteiger partial charge in [-0.25, -0.2) is 5.10 Å². The van der Waals surface area contributed by atoms with Gasteiger partial charge in [-0.15, -0.1) is 5.10 Å². The van der Waals surface area contributed by atoms with E-state index < -0.39 is 17.9 Å². The predicted octanol–water partition coefficient (Wildman–Crippen LogP) is -1.55. The van der Waals surface area contributed by atoms with Gasteiger partial charge in [0.15, 0.2) is 0 Å². The van der Waals surface area contributed by atoms with E-state index in [2.05, 4.69) is 25.9 Å². The minimum atomic E-state index is -0.948. The largest absolute Gasteiger partial charge is 0.480 e. The average Bonchev–Trinajstić information content (AvgIpc) is 2.92. The number of carbonyl (C=O) groups is 2. The molecule has 1 amide bonds. The molecule has 0 aromatic carbocycles. The Morgan fingerprint density at radius 3 is 2.52 bits per heavy atom. The zero-order valence-corrected chi connectivity index (χ0v) is 11.7. The highest BCUT2D eigenvalue weighted by molar-refractivity contribution is 5.88. The minimum absolute atomic E-state index is 0.0231. The molecule has 21 heavy (non-hydrogen) atoms. The maximum Gasteiger partial charge on any atom is 0.320 e. The number of carboxylic acid groups (broad SMARTS) is 1. The number of amidine groups is 1. The van der Waals surface area contributed by atoms with Crippen LogP contribution >= 0.6 is 0 Å². The first kappa shape index (κ1) is 18.4.